The summed E-state index contributed by atoms with van der Waals surface area (Å²) in [4.78, 5) is 2.06. The predicted molar refractivity (Wildman–Crippen MR) is 56.6 cm³/mol. The summed E-state index contributed by atoms with van der Waals surface area (Å²) >= 11 is 0. The van der Waals surface area contributed by atoms with Gasteiger partial charge in [0.05, 0.1) is 0 Å². The number of phenols is 1. The van der Waals surface area contributed by atoms with Crippen molar-refractivity contribution in [2.24, 2.45) is 0 Å². The molecular formula is C11H17NO. The molecule has 0 atom stereocenters. The van der Waals surface area contributed by atoms with Crippen LogP contribution in [-0.2, 0) is 0 Å². The van der Waals surface area contributed by atoms with Crippen molar-refractivity contribution in [1.29, 1.82) is 0 Å². The van der Waals surface area contributed by atoms with E-state index in [1.165, 1.54) is 5.69 Å². The van der Waals surface area contributed by atoms with Crippen LogP contribution in [0.15, 0.2) is 6.07 Å². The van der Waals surface area contributed by atoms with Crippen molar-refractivity contribution in [2.75, 3.05) is 19.0 Å². The lowest BCUT2D eigenvalue weighted by atomic mass is 10.0. The summed E-state index contributed by atoms with van der Waals surface area (Å²) in [6.07, 6.45) is 0. The highest BCUT2D eigenvalue weighted by molar-refractivity contribution is 5.61. The minimum Gasteiger partial charge on any atom is -0.507 e. The summed E-state index contributed by atoms with van der Waals surface area (Å²) in [6, 6.07) is 2.01. The lowest BCUT2D eigenvalue weighted by Gasteiger charge is -2.19. The molecule has 0 spiro atoms. The van der Waals surface area contributed by atoms with Crippen molar-refractivity contribution in [3.63, 3.8) is 0 Å². The summed E-state index contributed by atoms with van der Waals surface area (Å²) in [6.45, 7) is 5.91. The average molecular weight is 179 g/mol. The Morgan fingerprint density at radius 1 is 1.08 bits per heavy atom. The lowest BCUT2D eigenvalue weighted by Crippen LogP contribution is -2.11. The molecule has 1 aromatic rings. The normalized spacial score (nSPS) is 10.2. The van der Waals surface area contributed by atoms with E-state index in [-0.39, 0.29) is 0 Å². The van der Waals surface area contributed by atoms with E-state index >= 15 is 0 Å². The minimum atomic E-state index is 0.420. The largest absolute Gasteiger partial charge is 0.507 e. The van der Waals surface area contributed by atoms with Crippen LogP contribution in [0.1, 0.15) is 16.7 Å². The predicted octanol–water partition coefficient (Wildman–Crippen LogP) is 2.38. The molecule has 0 saturated heterocycles. The fraction of sp³-hybridized carbons (Fsp3) is 0.455. The molecule has 0 amide bonds. The Kier molecular flexibility index (Phi) is 2.50. The standard InChI is InChI=1S/C11H17NO/c1-7-6-10(12(4)5)8(2)9(3)11(7)13/h6,13H,1-5H3. The molecule has 0 aliphatic rings. The lowest BCUT2D eigenvalue weighted by molar-refractivity contribution is 0.466. The van der Waals surface area contributed by atoms with Gasteiger partial charge in [0, 0.05) is 19.8 Å². The zero-order chi connectivity index (χ0) is 10.2. The quantitative estimate of drug-likeness (QED) is 0.715. The van der Waals surface area contributed by atoms with Crippen LogP contribution in [0.5, 0.6) is 5.75 Å². The van der Waals surface area contributed by atoms with Crippen LogP contribution in [0.2, 0.25) is 0 Å². The number of hydrogen-bond donors (Lipinski definition) is 1. The first-order valence-corrected chi connectivity index (χ1v) is 4.42. The van der Waals surface area contributed by atoms with Gasteiger partial charge in [-0.2, -0.15) is 0 Å². The van der Waals surface area contributed by atoms with Crippen molar-refractivity contribution in [3.05, 3.63) is 22.8 Å². The number of rotatable bonds is 1. The van der Waals surface area contributed by atoms with Gasteiger partial charge >= 0.3 is 0 Å². The van der Waals surface area contributed by atoms with Crippen LogP contribution in [0.4, 0.5) is 5.69 Å². The molecule has 13 heavy (non-hydrogen) atoms. The summed E-state index contributed by atoms with van der Waals surface area (Å²) in [5.74, 6) is 0.420. The summed E-state index contributed by atoms with van der Waals surface area (Å²) < 4.78 is 0. The molecular weight excluding hydrogens is 162 g/mol. The maximum atomic E-state index is 9.67. The second-order valence-electron chi connectivity index (χ2n) is 3.71. The molecule has 0 aromatic heterocycles. The van der Waals surface area contributed by atoms with Crippen LogP contribution >= 0.6 is 0 Å². The molecule has 2 nitrogen and oxygen atoms in total. The van der Waals surface area contributed by atoms with Gasteiger partial charge in [0.15, 0.2) is 0 Å². The number of anilines is 1. The van der Waals surface area contributed by atoms with Gasteiger partial charge in [-0.1, -0.05) is 0 Å². The first-order valence-electron chi connectivity index (χ1n) is 4.42. The monoisotopic (exact) mass is 179 g/mol. The second-order valence-corrected chi connectivity index (χ2v) is 3.71. The van der Waals surface area contributed by atoms with E-state index in [9.17, 15) is 5.11 Å². The average Bonchev–Trinajstić information content (AvgIpc) is 2.07. The second kappa shape index (κ2) is 3.29. The Balaban J connectivity index is 3.41. The van der Waals surface area contributed by atoms with Crippen LogP contribution in [0.25, 0.3) is 0 Å². The molecule has 0 saturated carbocycles. The molecule has 0 heterocycles. The third-order valence-corrected chi connectivity index (χ3v) is 2.51. The van der Waals surface area contributed by atoms with E-state index in [1.54, 1.807) is 0 Å². The molecule has 2 heteroatoms. The van der Waals surface area contributed by atoms with E-state index in [2.05, 4.69) is 4.90 Å². The Hall–Kier alpha value is -1.18. The fourth-order valence-electron chi connectivity index (χ4n) is 1.51. The molecule has 0 unspecified atom stereocenters. The SMILES string of the molecule is Cc1cc(N(C)C)c(C)c(C)c1O. The number of aryl methyl sites for hydroxylation is 1. The molecule has 0 radical (unpaired) electrons. The fourth-order valence-corrected chi connectivity index (χ4v) is 1.51. The van der Waals surface area contributed by atoms with Crippen molar-refractivity contribution >= 4 is 5.69 Å². The molecule has 72 valence electrons. The highest BCUT2D eigenvalue weighted by Gasteiger charge is 2.09. The van der Waals surface area contributed by atoms with Crippen LogP contribution in [0.3, 0.4) is 0 Å². The van der Waals surface area contributed by atoms with E-state index in [0.29, 0.717) is 5.75 Å². The Labute approximate surface area is 79.8 Å². The van der Waals surface area contributed by atoms with Crippen LogP contribution < -0.4 is 4.90 Å². The number of phenolic OH excluding ortho intramolecular Hbond substituents is 1. The topological polar surface area (TPSA) is 23.5 Å². The third kappa shape index (κ3) is 1.62. The zero-order valence-corrected chi connectivity index (χ0v) is 8.97. The van der Waals surface area contributed by atoms with Crippen molar-refractivity contribution in [2.45, 2.75) is 20.8 Å². The van der Waals surface area contributed by atoms with Crippen LogP contribution in [0, 0.1) is 20.8 Å². The maximum absolute atomic E-state index is 9.67. The van der Waals surface area contributed by atoms with Gasteiger partial charge in [-0.25, -0.2) is 0 Å². The van der Waals surface area contributed by atoms with E-state index in [1.807, 2.05) is 40.9 Å². The van der Waals surface area contributed by atoms with Crippen LogP contribution in [-0.4, -0.2) is 19.2 Å². The molecule has 0 aliphatic carbocycles. The highest BCUT2D eigenvalue weighted by Crippen LogP contribution is 2.31. The molecule has 1 aromatic carbocycles. The van der Waals surface area contributed by atoms with Gasteiger partial charge in [0.1, 0.15) is 5.75 Å². The van der Waals surface area contributed by atoms with Crippen molar-refractivity contribution < 1.29 is 5.11 Å². The zero-order valence-electron chi connectivity index (χ0n) is 8.97. The molecule has 1 N–H and O–H groups in total. The molecule has 1 rings (SSSR count). The number of aromatic hydroxyl groups is 1. The first-order chi connectivity index (χ1) is 5.95. The number of benzene rings is 1. The van der Waals surface area contributed by atoms with Crippen molar-refractivity contribution in [3.8, 4) is 5.75 Å². The third-order valence-electron chi connectivity index (χ3n) is 2.51. The maximum Gasteiger partial charge on any atom is 0.121 e. The first kappa shape index (κ1) is 9.90. The van der Waals surface area contributed by atoms with Gasteiger partial charge < -0.3 is 10.0 Å². The van der Waals surface area contributed by atoms with Gasteiger partial charge in [0.25, 0.3) is 0 Å². The Morgan fingerprint density at radius 2 is 1.62 bits per heavy atom. The summed E-state index contributed by atoms with van der Waals surface area (Å²) in [5.41, 5.74) is 4.23. The van der Waals surface area contributed by atoms with Gasteiger partial charge in [-0.15, -0.1) is 0 Å². The van der Waals surface area contributed by atoms with E-state index < -0.39 is 0 Å². The Morgan fingerprint density at radius 3 is 2.08 bits per heavy atom. The number of hydrogen-bond acceptors (Lipinski definition) is 2. The van der Waals surface area contributed by atoms with E-state index in [0.717, 1.165) is 16.7 Å². The summed E-state index contributed by atoms with van der Waals surface area (Å²) in [7, 11) is 4.02. The molecule has 0 fully saturated rings. The summed E-state index contributed by atoms with van der Waals surface area (Å²) in [5, 5.41) is 9.67. The van der Waals surface area contributed by atoms with E-state index in [4.69, 9.17) is 0 Å². The molecule has 0 bridgehead atoms. The van der Waals surface area contributed by atoms with Crippen molar-refractivity contribution in [1.82, 2.24) is 0 Å². The highest BCUT2D eigenvalue weighted by atomic mass is 16.3. The number of nitrogens with zero attached hydrogens (tertiary/aromatic N) is 1. The Bertz CT molecular complexity index is 329. The van der Waals surface area contributed by atoms with Gasteiger partial charge in [-0.05, 0) is 43.5 Å². The molecule has 0 aliphatic heterocycles. The minimum absolute atomic E-state index is 0.420. The smallest absolute Gasteiger partial charge is 0.121 e. The van der Waals surface area contributed by atoms with Gasteiger partial charge in [-0.3, -0.25) is 0 Å². The van der Waals surface area contributed by atoms with Gasteiger partial charge in [0.2, 0.25) is 0 Å².